The summed E-state index contributed by atoms with van der Waals surface area (Å²) in [6, 6.07) is 5.13. The number of hydrogen-bond acceptors (Lipinski definition) is 1. The lowest BCUT2D eigenvalue weighted by atomic mass is 10.1. The summed E-state index contributed by atoms with van der Waals surface area (Å²) in [5, 5.41) is 3.29. The summed E-state index contributed by atoms with van der Waals surface area (Å²) in [7, 11) is 0. The van der Waals surface area contributed by atoms with Gasteiger partial charge in [-0.1, -0.05) is 23.7 Å². The van der Waals surface area contributed by atoms with Gasteiger partial charge in [-0.25, -0.2) is 4.39 Å². The quantitative estimate of drug-likeness (QED) is 0.751. The molecule has 19 heavy (non-hydrogen) atoms. The second-order valence-corrected chi connectivity index (χ2v) is 4.21. The molecule has 0 amide bonds. The van der Waals surface area contributed by atoms with E-state index in [1.165, 1.54) is 25.1 Å². The topological polar surface area (TPSA) is 17.8 Å². The van der Waals surface area contributed by atoms with Crippen LogP contribution in [0.25, 0.3) is 11.3 Å². The highest BCUT2D eigenvalue weighted by Gasteiger charge is 2.39. The number of hydrogen-bond donors (Lipinski definition) is 0. The molecule has 2 nitrogen and oxygen atoms in total. The highest BCUT2D eigenvalue weighted by Crippen LogP contribution is 2.39. The first kappa shape index (κ1) is 13.9. The monoisotopic (exact) mass is 292 g/mol. The van der Waals surface area contributed by atoms with Gasteiger partial charge in [0, 0.05) is 12.1 Å². The molecule has 1 aromatic carbocycles. The zero-order chi connectivity index (χ0) is 14.2. The Labute approximate surface area is 111 Å². The van der Waals surface area contributed by atoms with Crippen molar-refractivity contribution in [2.24, 2.45) is 0 Å². The Kier molecular flexibility index (Phi) is 3.54. The van der Waals surface area contributed by atoms with E-state index >= 15 is 0 Å². The average Bonchev–Trinajstić information content (AvgIpc) is 2.66. The number of halogens is 5. The van der Waals surface area contributed by atoms with E-state index in [1.807, 2.05) is 0 Å². The molecule has 0 aliphatic rings. The van der Waals surface area contributed by atoms with Crippen molar-refractivity contribution in [3.8, 4) is 11.3 Å². The van der Waals surface area contributed by atoms with Gasteiger partial charge in [-0.2, -0.15) is 18.3 Å². The third-order valence-electron chi connectivity index (χ3n) is 2.56. The first-order chi connectivity index (χ1) is 8.84. The van der Waals surface area contributed by atoms with Crippen LogP contribution in [0.1, 0.15) is 12.6 Å². The van der Waals surface area contributed by atoms with Crippen LogP contribution in [0, 0.1) is 5.82 Å². The van der Waals surface area contributed by atoms with Gasteiger partial charge in [-0.3, -0.25) is 4.68 Å². The Morgan fingerprint density at radius 2 is 2.00 bits per heavy atom. The molecule has 7 heteroatoms. The maximum Gasteiger partial charge on any atom is 0.434 e. The van der Waals surface area contributed by atoms with Crippen molar-refractivity contribution in [2.45, 2.75) is 19.6 Å². The van der Waals surface area contributed by atoms with E-state index in [9.17, 15) is 17.6 Å². The van der Waals surface area contributed by atoms with Crippen LogP contribution in [0.3, 0.4) is 0 Å². The molecule has 0 aliphatic carbocycles. The van der Waals surface area contributed by atoms with Gasteiger partial charge < -0.3 is 0 Å². The summed E-state index contributed by atoms with van der Waals surface area (Å²) in [6.07, 6.45) is -4.61. The number of rotatable bonds is 2. The van der Waals surface area contributed by atoms with Crippen LogP contribution in [-0.4, -0.2) is 9.78 Å². The van der Waals surface area contributed by atoms with E-state index in [0.29, 0.717) is 0 Å². The van der Waals surface area contributed by atoms with E-state index in [4.69, 9.17) is 11.6 Å². The molecule has 0 fully saturated rings. The Balaban J connectivity index is 2.64. The first-order valence-corrected chi connectivity index (χ1v) is 5.81. The van der Waals surface area contributed by atoms with Gasteiger partial charge in [0.15, 0.2) is 5.69 Å². The van der Waals surface area contributed by atoms with E-state index in [2.05, 4.69) is 5.10 Å². The summed E-state index contributed by atoms with van der Waals surface area (Å²) in [5.74, 6) is -0.562. The van der Waals surface area contributed by atoms with Crippen LogP contribution < -0.4 is 0 Å². The lowest BCUT2D eigenvalue weighted by Crippen LogP contribution is -2.14. The fourth-order valence-electron chi connectivity index (χ4n) is 1.76. The lowest BCUT2D eigenvalue weighted by Gasteiger charge is -2.08. The van der Waals surface area contributed by atoms with Crippen LogP contribution >= 0.6 is 11.6 Å². The van der Waals surface area contributed by atoms with Gasteiger partial charge in [0.25, 0.3) is 0 Å². The highest BCUT2D eigenvalue weighted by molar-refractivity contribution is 6.33. The molecule has 0 saturated carbocycles. The predicted octanol–water partition coefficient (Wildman–Crippen LogP) is 4.38. The minimum atomic E-state index is -4.61. The second kappa shape index (κ2) is 4.85. The maximum absolute atomic E-state index is 13.1. The third-order valence-corrected chi connectivity index (χ3v) is 2.92. The molecule has 0 radical (unpaired) electrons. The number of aryl methyl sites for hydroxylation is 1. The van der Waals surface area contributed by atoms with Crippen molar-refractivity contribution in [1.29, 1.82) is 0 Å². The Morgan fingerprint density at radius 1 is 1.32 bits per heavy atom. The minimum absolute atomic E-state index is 0.0177. The van der Waals surface area contributed by atoms with Crippen LogP contribution in [-0.2, 0) is 12.7 Å². The van der Waals surface area contributed by atoms with Crippen LogP contribution in [0.5, 0.6) is 0 Å². The van der Waals surface area contributed by atoms with E-state index < -0.39 is 22.7 Å². The fraction of sp³-hybridized carbons (Fsp3) is 0.250. The smallest absolute Gasteiger partial charge is 0.259 e. The average molecular weight is 293 g/mol. The maximum atomic E-state index is 13.1. The highest BCUT2D eigenvalue weighted by atomic mass is 35.5. The van der Waals surface area contributed by atoms with Gasteiger partial charge in [0.1, 0.15) is 11.5 Å². The zero-order valence-corrected chi connectivity index (χ0v) is 10.6. The van der Waals surface area contributed by atoms with Gasteiger partial charge in [-0.05, 0) is 19.1 Å². The number of nitrogens with zero attached hydrogens (tertiary/aromatic N) is 2. The molecule has 2 aromatic rings. The van der Waals surface area contributed by atoms with Crippen LogP contribution in [0.15, 0.2) is 24.3 Å². The third kappa shape index (κ3) is 2.58. The van der Waals surface area contributed by atoms with Crippen LogP contribution in [0.2, 0.25) is 5.02 Å². The second-order valence-electron chi connectivity index (χ2n) is 3.84. The SMILES string of the molecule is CCn1nc(-c2cccc(F)c2)c(Cl)c1C(F)(F)F. The summed E-state index contributed by atoms with van der Waals surface area (Å²) in [5.41, 5.74) is -0.881. The molecule has 1 heterocycles. The summed E-state index contributed by atoms with van der Waals surface area (Å²) >= 11 is 5.75. The number of alkyl halides is 3. The molecule has 0 spiro atoms. The Morgan fingerprint density at radius 3 is 2.47 bits per heavy atom. The van der Waals surface area contributed by atoms with Crippen molar-refractivity contribution in [1.82, 2.24) is 9.78 Å². The first-order valence-electron chi connectivity index (χ1n) is 5.44. The molecule has 0 aliphatic heterocycles. The molecule has 1 aromatic heterocycles. The van der Waals surface area contributed by atoms with E-state index in [1.54, 1.807) is 0 Å². The van der Waals surface area contributed by atoms with Crippen molar-refractivity contribution < 1.29 is 17.6 Å². The Hall–Kier alpha value is -1.56. The van der Waals surface area contributed by atoms with Gasteiger partial charge >= 0.3 is 6.18 Å². The van der Waals surface area contributed by atoms with E-state index in [0.717, 1.165) is 10.7 Å². The Bertz CT molecular complexity index is 604. The lowest BCUT2D eigenvalue weighted by molar-refractivity contribution is -0.144. The predicted molar refractivity (Wildman–Crippen MR) is 63.3 cm³/mol. The largest absolute Gasteiger partial charge is 0.434 e. The molecule has 102 valence electrons. The molecular weight excluding hydrogens is 284 g/mol. The minimum Gasteiger partial charge on any atom is -0.259 e. The summed E-state index contributed by atoms with van der Waals surface area (Å²) in [6.45, 7) is 1.54. The van der Waals surface area contributed by atoms with E-state index in [-0.39, 0.29) is 17.8 Å². The van der Waals surface area contributed by atoms with Gasteiger partial charge in [0.05, 0.1) is 5.02 Å². The van der Waals surface area contributed by atoms with Crippen molar-refractivity contribution in [3.05, 3.63) is 40.8 Å². The normalized spacial score (nSPS) is 11.9. The summed E-state index contributed by atoms with van der Waals surface area (Å²) in [4.78, 5) is 0. The summed E-state index contributed by atoms with van der Waals surface area (Å²) < 4.78 is 52.5. The standard InChI is InChI=1S/C12H9ClF4N2/c1-2-19-11(12(15,16)17)9(13)10(18-19)7-4-3-5-8(14)6-7/h3-6H,2H2,1H3. The van der Waals surface area contributed by atoms with Crippen molar-refractivity contribution in [3.63, 3.8) is 0 Å². The molecule has 0 atom stereocenters. The molecule has 2 rings (SSSR count). The molecule has 0 N–H and O–H groups in total. The molecule has 0 unspecified atom stereocenters. The van der Waals surface area contributed by atoms with Crippen LogP contribution in [0.4, 0.5) is 17.6 Å². The van der Waals surface area contributed by atoms with Crippen molar-refractivity contribution >= 4 is 11.6 Å². The number of aromatic nitrogens is 2. The molecular formula is C12H9ClF4N2. The molecule has 0 bridgehead atoms. The van der Waals surface area contributed by atoms with Gasteiger partial charge in [-0.15, -0.1) is 0 Å². The zero-order valence-electron chi connectivity index (χ0n) is 9.80. The van der Waals surface area contributed by atoms with Gasteiger partial charge in [0.2, 0.25) is 0 Å². The molecule has 0 saturated heterocycles. The fourth-order valence-corrected chi connectivity index (χ4v) is 2.11. The van der Waals surface area contributed by atoms with Crippen molar-refractivity contribution in [2.75, 3.05) is 0 Å². The number of benzene rings is 1.